The van der Waals surface area contributed by atoms with Gasteiger partial charge < -0.3 is 10.2 Å². The van der Waals surface area contributed by atoms with E-state index in [1.54, 1.807) is 5.56 Å². The van der Waals surface area contributed by atoms with Crippen molar-refractivity contribution in [2.24, 2.45) is 5.92 Å². The molecule has 23 heavy (non-hydrogen) atoms. The molecule has 0 aromatic heterocycles. The fourth-order valence-electron chi connectivity index (χ4n) is 5.43. The number of hydrogen-bond donors (Lipinski definition) is 1. The minimum absolute atomic E-state index is 0. The molecule has 2 nitrogen and oxygen atoms in total. The van der Waals surface area contributed by atoms with Crippen molar-refractivity contribution in [1.82, 2.24) is 4.90 Å². The summed E-state index contributed by atoms with van der Waals surface area (Å²) in [5, 5.41) is 3.66. The zero-order chi connectivity index (χ0) is 15.7. The maximum Gasteiger partial charge on any atom is 0.0379 e. The van der Waals surface area contributed by atoms with Gasteiger partial charge in [-0.2, -0.15) is 0 Å². The third-order valence-corrected chi connectivity index (χ3v) is 6.90. The molecule has 3 aliphatic rings. The molecule has 1 spiro atoms. The number of likely N-dealkylation sites (tertiary alicyclic amines) is 1. The van der Waals surface area contributed by atoms with Crippen LogP contribution in [0.15, 0.2) is 24.3 Å². The van der Waals surface area contributed by atoms with Crippen LogP contribution < -0.4 is 5.32 Å². The molecule has 0 bridgehead atoms. The first-order chi connectivity index (χ1) is 11.3. The number of piperidine rings is 1. The molecule has 1 saturated heterocycles. The Morgan fingerprint density at radius 3 is 2.61 bits per heavy atom. The summed E-state index contributed by atoms with van der Waals surface area (Å²) in [4.78, 5) is 2.83. The Balaban J connectivity index is 0.00000169. The molecule has 1 aromatic carbocycles. The summed E-state index contributed by atoms with van der Waals surface area (Å²) in [5.41, 5.74) is 3.40. The van der Waals surface area contributed by atoms with Crippen LogP contribution in [0.5, 0.6) is 0 Å². The average Bonchev–Trinajstić information content (AvgIpc) is 2.96. The second-order valence-corrected chi connectivity index (χ2v) is 8.18. The Hall–Kier alpha value is -1.02. The number of para-hydroxylation sites is 1. The lowest BCUT2D eigenvalue weighted by atomic mass is 9.73. The van der Waals surface area contributed by atoms with Crippen molar-refractivity contribution in [3.8, 4) is 0 Å². The molecule has 2 fully saturated rings. The van der Waals surface area contributed by atoms with Gasteiger partial charge in [-0.05, 0) is 69.2 Å². The van der Waals surface area contributed by atoms with Crippen LogP contribution in [0.1, 0.15) is 65.3 Å². The summed E-state index contributed by atoms with van der Waals surface area (Å²) >= 11 is 0. The number of fused-ring (bicyclic) bond motifs is 2. The minimum atomic E-state index is 0. The van der Waals surface area contributed by atoms with Crippen molar-refractivity contribution >= 4 is 5.69 Å². The molecule has 1 aromatic rings. The van der Waals surface area contributed by atoms with E-state index in [0.29, 0.717) is 5.41 Å². The van der Waals surface area contributed by atoms with Crippen molar-refractivity contribution in [1.29, 1.82) is 0 Å². The van der Waals surface area contributed by atoms with E-state index in [4.69, 9.17) is 0 Å². The smallest absolute Gasteiger partial charge is 0.0379 e. The molecule has 1 N–H and O–H groups in total. The summed E-state index contributed by atoms with van der Waals surface area (Å²) in [7, 11) is 0. The van der Waals surface area contributed by atoms with E-state index >= 15 is 0 Å². The van der Waals surface area contributed by atoms with Gasteiger partial charge in [0.2, 0.25) is 0 Å². The fourth-order valence-corrected chi connectivity index (χ4v) is 5.43. The SMILES string of the molecule is CCCC1CCC(N2CCC3(CC2)CNc2ccccc23)CC1.[HH]. The number of nitrogens with zero attached hydrogens (tertiary/aromatic N) is 1. The highest BCUT2D eigenvalue weighted by atomic mass is 15.2. The summed E-state index contributed by atoms with van der Waals surface area (Å²) < 4.78 is 0. The van der Waals surface area contributed by atoms with Gasteiger partial charge in [0.05, 0.1) is 0 Å². The Bertz CT molecular complexity index is 528. The van der Waals surface area contributed by atoms with E-state index < -0.39 is 0 Å². The van der Waals surface area contributed by atoms with E-state index in [1.165, 1.54) is 70.1 Å². The van der Waals surface area contributed by atoms with Gasteiger partial charge in [-0.1, -0.05) is 38.0 Å². The second kappa shape index (κ2) is 6.47. The average molecular weight is 315 g/mol. The standard InChI is InChI=1S/C21H32N2.H2/c1-2-5-17-8-10-18(11-9-17)23-14-12-21(13-15-23)16-22-20-7-4-3-6-19(20)21;/h3-4,6-7,17-18,22H,2,5,8-16H2,1H3;1H. The Morgan fingerprint density at radius 2 is 1.87 bits per heavy atom. The number of nitrogens with one attached hydrogen (secondary N) is 1. The molecular weight excluding hydrogens is 280 g/mol. The van der Waals surface area contributed by atoms with E-state index in [1.807, 2.05) is 0 Å². The lowest BCUT2D eigenvalue weighted by Crippen LogP contribution is -2.48. The van der Waals surface area contributed by atoms with Gasteiger partial charge in [-0.15, -0.1) is 0 Å². The molecule has 1 aliphatic carbocycles. The second-order valence-electron chi connectivity index (χ2n) is 8.18. The van der Waals surface area contributed by atoms with Crippen molar-refractivity contribution < 1.29 is 1.43 Å². The zero-order valence-electron chi connectivity index (χ0n) is 14.7. The van der Waals surface area contributed by atoms with Crippen LogP contribution in [-0.2, 0) is 5.41 Å². The zero-order valence-corrected chi connectivity index (χ0v) is 14.7. The molecule has 2 heteroatoms. The van der Waals surface area contributed by atoms with Crippen LogP contribution in [0, 0.1) is 5.92 Å². The largest absolute Gasteiger partial charge is 0.384 e. The summed E-state index contributed by atoms with van der Waals surface area (Å²) in [6.07, 6.45) is 11.4. The van der Waals surface area contributed by atoms with Gasteiger partial charge in [0.15, 0.2) is 0 Å². The molecule has 2 aliphatic heterocycles. The van der Waals surface area contributed by atoms with Gasteiger partial charge >= 0.3 is 0 Å². The lowest BCUT2D eigenvalue weighted by molar-refractivity contribution is 0.0858. The maximum absolute atomic E-state index is 3.66. The number of anilines is 1. The predicted octanol–water partition coefficient (Wildman–Crippen LogP) is 5.05. The Kier molecular flexibility index (Phi) is 4.36. The highest BCUT2D eigenvalue weighted by Gasteiger charge is 2.42. The van der Waals surface area contributed by atoms with Crippen LogP contribution in [0.25, 0.3) is 0 Å². The third kappa shape index (κ3) is 2.91. The minimum Gasteiger partial charge on any atom is -0.384 e. The van der Waals surface area contributed by atoms with E-state index in [2.05, 4.69) is 41.4 Å². The topological polar surface area (TPSA) is 15.3 Å². The maximum atomic E-state index is 3.66. The van der Waals surface area contributed by atoms with Crippen molar-refractivity contribution in [3.63, 3.8) is 0 Å². The van der Waals surface area contributed by atoms with Crippen LogP contribution >= 0.6 is 0 Å². The molecule has 128 valence electrons. The van der Waals surface area contributed by atoms with Gasteiger partial charge in [-0.3, -0.25) is 0 Å². The fraction of sp³-hybridized carbons (Fsp3) is 0.714. The molecule has 0 amide bonds. The van der Waals surface area contributed by atoms with Crippen LogP contribution in [0.2, 0.25) is 0 Å². The molecule has 0 unspecified atom stereocenters. The first-order valence-corrected chi connectivity index (χ1v) is 9.88. The van der Waals surface area contributed by atoms with E-state index in [9.17, 15) is 0 Å². The number of benzene rings is 1. The molecule has 1 saturated carbocycles. The third-order valence-electron chi connectivity index (χ3n) is 6.90. The van der Waals surface area contributed by atoms with Crippen molar-refractivity contribution in [3.05, 3.63) is 29.8 Å². The lowest BCUT2D eigenvalue weighted by Gasteiger charge is -2.44. The van der Waals surface area contributed by atoms with Crippen LogP contribution in [0.4, 0.5) is 5.69 Å². The van der Waals surface area contributed by atoms with E-state index in [0.717, 1.165) is 18.5 Å². The van der Waals surface area contributed by atoms with Crippen molar-refractivity contribution in [2.75, 3.05) is 25.0 Å². The molecule has 4 rings (SSSR count). The Morgan fingerprint density at radius 1 is 1.13 bits per heavy atom. The highest BCUT2D eigenvalue weighted by Crippen LogP contribution is 2.44. The summed E-state index contributed by atoms with van der Waals surface area (Å²) in [5.74, 6) is 1.03. The molecule has 2 heterocycles. The molecular formula is C21H34N2. The number of rotatable bonds is 3. The van der Waals surface area contributed by atoms with Gasteiger partial charge in [0.25, 0.3) is 0 Å². The quantitative estimate of drug-likeness (QED) is 0.840. The number of hydrogen-bond acceptors (Lipinski definition) is 2. The molecule has 0 radical (unpaired) electrons. The Labute approximate surface area is 143 Å². The summed E-state index contributed by atoms with van der Waals surface area (Å²) in [6, 6.07) is 9.88. The van der Waals surface area contributed by atoms with E-state index in [-0.39, 0.29) is 1.43 Å². The molecule has 0 atom stereocenters. The first kappa shape index (κ1) is 15.5. The van der Waals surface area contributed by atoms with Gasteiger partial charge in [0.1, 0.15) is 0 Å². The predicted molar refractivity (Wildman–Crippen MR) is 100 cm³/mol. The van der Waals surface area contributed by atoms with Gasteiger partial charge in [-0.25, -0.2) is 0 Å². The monoisotopic (exact) mass is 314 g/mol. The summed E-state index contributed by atoms with van der Waals surface area (Å²) in [6.45, 7) is 6.10. The van der Waals surface area contributed by atoms with Gasteiger partial charge in [0, 0.05) is 25.1 Å². The highest BCUT2D eigenvalue weighted by molar-refractivity contribution is 5.60. The van der Waals surface area contributed by atoms with Crippen LogP contribution in [0.3, 0.4) is 0 Å². The normalized spacial score (nSPS) is 30.1. The van der Waals surface area contributed by atoms with Crippen molar-refractivity contribution in [2.45, 2.75) is 69.7 Å². The first-order valence-electron chi connectivity index (χ1n) is 9.88. The van der Waals surface area contributed by atoms with Crippen LogP contribution in [-0.4, -0.2) is 30.6 Å².